The summed E-state index contributed by atoms with van der Waals surface area (Å²) in [5, 5.41) is 0. The minimum atomic E-state index is -3.93. The van der Waals surface area contributed by atoms with Crippen molar-refractivity contribution in [2.45, 2.75) is 43.7 Å². The number of hydrogen-bond donors (Lipinski definition) is 1. The van der Waals surface area contributed by atoms with Crippen LogP contribution in [-0.4, -0.2) is 51.4 Å². The van der Waals surface area contributed by atoms with E-state index in [1.165, 1.54) is 25.3 Å². The lowest BCUT2D eigenvalue weighted by molar-refractivity contribution is -0.140. The van der Waals surface area contributed by atoms with Crippen molar-refractivity contribution < 1.29 is 27.5 Å². The summed E-state index contributed by atoms with van der Waals surface area (Å²) in [6, 6.07) is 12.5. The summed E-state index contributed by atoms with van der Waals surface area (Å²) in [6.45, 7) is 4.62. The average Bonchev–Trinajstić information content (AvgIpc) is 3.31. The largest absolute Gasteiger partial charge is 0.495 e. The number of hydrogen-bond acceptors (Lipinski definition) is 6. The minimum absolute atomic E-state index is 0.00471. The van der Waals surface area contributed by atoms with E-state index in [-0.39, 0.29) is 28.2 Å². The predicted molar refractivity (Wildman–Crippen MR) is 119 cm³/mol. The number of ether oxygens (including phenoxy) is 2. The molecule has 172 valence electrons. The van der Waals surface area contributed by atoms with Crippen molar-refractivity contribution in [3.8, 4) is 5.75 Å². The highest BCUT2D eigenvalue weighted by Crippen LogP contribution is 2.28. The van der Waals surface area contributed by atoms with Crippen LogP contribution in [0.3, 0.4) is 0 Å². The number of nitrogens with zero attached hydrogens (tertiary/aromatic N) is 1. The Morgan fingerprint density at radius 3 is 2.28 bits per heavy atom. The first kappa shape index (κ1) is 23.7. The SMILES string of the molecule is COc1ccc(C(=O)OC(C(=O)N2CCCC2)c2ccccc2)cc1S(=O)(=O)NC(C)C. The number of carbonyl (C=O) groups excluding carboxylic acids is 2. The van der Waals surface area contributed by atoms with Crippen LogP contribution in [0.4, 0.5) is 0 Å². The molecule has 2 aromatic rings. The zero-order chi connectivity index (χ0) is 23.3. The Kier molecular flexibility index (Phi) is 7.52. The van der Waals surface area contributed by atoms with Crippen molar-refractivity contribution in [3.63, 3.8) is 0 Å². The van der Waals surface area contributed by atoms with Gasteiger partial charge < -0.3 is 14.4 Å². The molecule has 1 heterocycles. The van der Waals surface area contributed by atoms with Crippen molar-refractivity contribution in [1.82, 2.24) is 9.62 Å². The molecule has 0 radical (unpaired) electrons. The highest BCUT2D eigenvalue weighted by Gasteiger charge is 2.32. The van der Waals surface area contributed by atoms with Gasteiger partial charge in [-0.05, 0) is 44.9 Å². The topological polar surface area (TPSA) is 102 Å². The molecular weight excluding hydrogens is 432 g/mol. The number of esters is 1. The Morgan fingerprint density at radius 2 is 1.69 bits per heavy atom. The van der Waals surface area contributed by atoms with Crippen LogP contribution in [0.5, 0.6) is 5.75 Å². The third-order valence-electron chi connectivity index (χ3n) is 5.05. The number of amides is 1. The fraction of sp³-hybridized carbons (Fsp3) is 0.391. The molecular formula is C23H28N2O6S. The van der Waals surface area contributed by atoms with Gasteiger partial charge in [-0.25, -0.2) is 17.9 Å². The van der Waals surface area contributed by atoms with Gasteiger partial charge in [-0.3, -0.25) is 4.79 Å². The maximum Gasteiger partial charge on any atom is 0.339 e. The Balaban J connectivity index is 1.92. The fourth-order valence-electron chi connectivity index (χ4n) is 3.55. The summed E-state index contributed by atoms with van der Waals surface area (Å²) in [6.07, 6.45) is 0.700. The highest BCUT2D eigenvalue weighted by molar-refractivity contribution is 7.89. The number of sulfonamides is 1. The second-order valence-corrected chi connectivity index (χ2v) is 9.55. The predicted octanol–water partition coefficient (Wildman–Crippen LogP) is 2.90. The molecule has 0 saturated carbocycles. The minimum Gasteiger partial charge on any atom is -0.495 e. The van der Waals surface area contributed by atoms with Gasteiger partial charge in [-0.1, -0.05) is 30.3 Å². The van der Waals surface area contributed by atoms with E-state index in [9.17, 15) is 18.0 Å². The molecule has 3 rings (SSSR count). The van der Waals surface area contributed by atoms with Crippen LogP contribution in [0.1, 0.15) is 48.7 Å². The van der Waals surface area contributed by atoms with Gasteiger partial charge in [0.2, 0.25) is 16.1 Å². The third-order valence-corrected chi connectivity index (χ3v) is 6.73. The van der Waals surface area contributed by atoms with Crippen molar-refractivity contribution in [2.75, 3.05) is 20.2 Å². The van der Waals surface area contributed by atoms with Crippen molar-refractivity contribution in [3.05, 3.63) is 59.7 Å². The van der Waals surface area contributed by atoms with Crippen molar-refractivity contribution in [1.29, 1.82) is 0 Å². The molecule has 0 bridgehead atoms. The first-order valence-corrected chi connectivity index (χ1v) is 12.0. The zero-order valence-electron chi connectivity index (χ0n) is 18.4. The molecule has 0 aromatic heterocycles. The van der Waals surface area contributed by atoms with Crippen molar-refractivity contribution in [2.24, 2.45) is 0 Å². The van der Waals surface area contributed by atoms with Gasteiger partial charge in [0.05, 0.1) is 12.7 Å². The molecule has 1 saturated heterocycles. The van der Waals surface area contributed by atoms with E-state index in [1.807, 2.05) is 6.07 Å². The van der Waals surface area contributed by atoms with Crippen LogP contribution in [-0.2, 0) is 19.6 Å². The summed E-state index contributed by atoms with van der Waals surface area (Å²) in [5.41, 5.74) is 0.561. The van der Waals surface area contributed by atoms with Crippen LogP contribution in [0.2, 0.25) is 0 Å². The number of carbonyl (C=O) groups is 2. The maximum absolute atomic E-state index is 13.1. The molecule has 1 aliphatic heterocycles. The van der Waals surface area contributed by atoms with E-state index >= 15 is 0 Å². The summed E-state index contributed by atoms with van der Waals surface area (Å²) >= 11 is 0. The second-order valence-electron chi connectivity index (χ2n) is 7.87. The fourth-order valence-corrected chi connectivity index (χ4v) is 5.00. The van der Waals surface area contributed by atoms with Gasteiger partial charge in [-0.2, -0.15) is 0 Å². The average molecular weight is 461 g/mol. The Morgan fingerprint density at radius 1 is 1.03 bits per heavy atom. The molecule has 0 spiro atoms. The zero-order valence-corrected chi connectivity index (χ0v) is 19.2. The maximum atomic E-state index is 13.1. The van der Waals surface area contributed by atoms with Crippen LogP contribution < -0.4 is 9.46 Å². The lowest BCUT2D eigenvalue weighted by Crippen LogP contribution is -2.35. The lowest BCUT2D eigenvalue weighted by Gasteiger charge is -2.23. The third kappa shape index (κ3) is 5.46. The van der Waals surface area contributed by atoms with E-state index < -0.39 is 22.1 Å². The number of rotatable bonds is 8. The smallest absolute Gasteiger partial charge is 0.339 e. The van der Waals surface area contributed by atoms with Gasteiger partial charge >= 0.3 is 5.97 Å². The number of benzene rings is 2. The standard InChI is InChI=1S/C23H28N2O6S/c1-16(2)24-32(28,29)20-15-18(11-12-19(20)30-3)23(27)31-21(17-9-5-4-6-10-17)22(26)25-13-7-8-14-25/h4-6,9-12,15-16,21,24H,7-8,13-14H2,1-3H3. The molecule has 1 aliphatic rings. The molecule has 8 nitrogen and oxygen atoms in total. The van der Waals surface area contributed by atoms with Crippen LogP contribution in [0, 0.1) is 0 Å². The molecule has 32 heavy (non-hydrogen) atoms. The van der Waals surface area contributed by atoms with Crippen LogP contribution >= 0.6 is 0 Å². The normalized spacial score (nSPS) is 14.9. The van der Waals surface area contributed by atoms with Gasteiger partial charge in [0.15, 0.2) is 0 Å². The highest BCUT2D eigenvalue weighted by atomic mass is 32.2. The molecule has 9 heteroatoms. The van der Waals surface area contributed by atoms with E-state index in [0.29, 0.717) is 18.7 Å². The quantitative estimate of drug-likeness (QED) is 0.608. The summed E-state index contributed by atoms with van der Waals surface area (Å²) in [4.78, 5) is 27.6. The number of nitrogens with one attached hydrogen (secondary N) is 1. The van der Waals surface area contributed by atoms with Gasteiger partial charge in [0.25, 0.3) is 5.91 Å². The van der Waals surface area contributed by atoms with E-state index in [2.05, 4.69) is 4.72 Å². The van der Waals surface area contributed by atoms with Crippen LogP contribution in [0.15, 0.2) is 53.4 Å². The summed E-state index contributed by atoms with van der Waals surface area (Å²) in [5.74, 6) is -0.984. The number of likely N-dealkylation sites (tertiary alicyclic amines) is 1. The Bertz CT molecular complexity index is 1060. The summed E-state index contributed by atoms with van der Waals surface area (Å²) in [7, 11) is -2.58. The van der Waals surface area contributed by atoms with E-state index in [0.717, 1.165) is 12.8 Å². The Hall–Kier alpha value is -2.91. The van der Waals surface area contributed by atoms with Gasteiger partial charge in [0.1, 0.15) is 10.6 Å². The van der Waals surface area contributed by atoms with E-state index in [4.69, 9.17) is 9.47 Å². The lowest BCUT2D eigenvalue weighted by atomic mass is 10.1. The molecule has 1 amide bonds. The molecule has 1 atom stereocenters. The molecule has 0 aliphatic carbocycles. The summed E-state index contributed by atoms with van der Waals surface area (Å²) < 4.78 is 38.7. The first-order valence-electron chi connectivity index (χ1n) is 10.5. The molecule has 1 fully saturated rings. The molecule has 2 aromatic carbocycles. The molecule has 1 N–H and O–H groups in total. The Labute approximate surface area is 188 Å². The van der Waals surface area contributed by atoms with Crippen molar-refractivity contribution >= 4 is 21.9 Å². The van der Waals surface area contributed by atoms with Gasteiger partial charge in [-0.15, -0.1) is 0 Å². The van der Waals surface area contributed by atoms with Crippen LogP contribution in [0.25, 0.3) is 0 Å². The molecule has 1 unspecified atom stereocenters. The van der Waals surface area contributed by atoms with E-state index in [1.54, 1.807) is 43.0 Å². The monoisotopic (exact) mass is 460 g/mol. The second kappa shape index (κ2) is 10.1. The van der Waals surface area contributed by atoms with Gasteiger partial charge in [0, 0.05) is 24.7 Å². The number of methoxy groups -OCH3 is 1. The first-order chi connectivity index (χ1) is 15.2.